The van der Waals surface area contributed by atoms with Crippen LogP contribution in [-0.4, -0.2) is 48.1 Å². The maximum Gasteiger partial charge on any atom is 0.218 e. The predicted molar refractivity (Wildman–Crippen MR) is 118 cm³/mol. The number of hydrogen-bond donors (Lipinski definition) is 2. The van der Waals surface area contributed by atoms with Crippen LogP contribution in [0, 0.1) is 5.92 Å². The normalized spacial score (nSPS) is 20.1. The number of aliphatic imine (C=N–C) groups is 1. The first-order valence-electron chi connectivity index (χ1n) is 10.4. The first-order valence-corrected chi connectivity index (χ1v) is 10.4. The van der Waals surface area contributed by atoms with Crippen molar-refractivity contribution in [1.29, 1.82) is 0 Å². The third kappa shape index (κ3) is 5.94. The van der Waals surface area contributed by atoms with Crippen molar-refractivity contribution < 1.29 is 4.74 Å². The summed E-state index contributed by atoms with van der Waals surface area (Å²) in [6.07, 6.45) is 1.76. The summed E-state index contributed by atoms with van der Waals surface area (Å²) in [7, 11) is 1.81. The van der Waals surface area contributed by atoms with Gasteiger partial charge in [0.2, 0.25) is 5.88 Å². The van der Waals surface area contributed by atoms with Gasteiger partial charge in [-0.25, -0.2) is 4.98 Å². The molecule has 6 heteroatoms. The molecule has 2 heterocycles. The Morgan fingerprint density at radius 1 is 1.21 bits per heavy atom. The second-order valence-corrected chi connectivity index (χ2v) is 7.94. The number of rotatable bonds is 7. The van der Waals surface area contributed by atoms with E-state index in [1.54, 1.807) is 6.20 Å². The molecule has 1 saturated heterocycles. The smallest absolute Gasteiger partial charge is 0.218 e. The van der Waals surface area contributed by atoms with E-state index in [4.69, 9.17) is 4.74 Å². The maximum absolute atomic E-state index is 5.96. The first kappa shape index (κ1) is 21.1. The Morgan fingerprint density at radius 3 is 2.69 bits per heavy atom. The predicted octanol–water partition coefficient (Wildman–Crippen LogP) is 3.05. The Labute approximate surface area is 174 Å². The fourth-order valence-electron chi connectivity index (χ4n) is 3.58. The number of nitrogens with zero attached hydrogens (tertiary/aromatic N) is 3. The molecule has 1 aromatic heterocycles. The topological polar surface area (TPSA) is 61.8 Å². The van der Waals surface area contributed by atoms with Crippen LogP contribution >= 0.6 is 0 Å². The number of benzene rings is 1. The standard InChI is InChI=1S/C23H33N5O/c1-17(2)28-14-18(3)21(15-28)27-23(24-4)26-13-20-11-8-12-25-22(20)29-16-19-9-6-5-7-10-19/h5-12,17-18,21H,13-16H2,1-4H3,(H2,24,26,27). The maximum atomic E-state index is 5.96. The molecule has 0 bridgehead atoms. The molecule has 0 spiro atoms. The zero-order valence-corrected chi connectivity index (χ0v) is 17.9. The highest BCUT2D eigenvalue weighted by Crippen LogP contribution is 2.19. The number of nitrogens with one attached hydrogen (secondary N) is 2. The summed E-state index contributed by atoms with van der Waals surface area (Å²) in [5, 5.41) is 7.00. The molecule has 2 atom stereocenters. The van der Waals surface area contributed by atoms with E-state index in [-0.39, 0.29) is 0 Å². The molecule has 1 aliphatic rings. The van der Waals surface area contributed by atoms with Crippen LogP contribution in [-0.2, 0) is 13.2 Å². The third-order valence-electron chi connectivity index (χ3n) is 5.43. The van der Waals surface area contributed by atoms with Gasteiger partial charge in [0.25, 0.3) is 0 Å². The molecule has 2 unspecified atom stereocenters. The van der Waals surface area contributed by atoms with Gasteiger partial charge >= 0.3 is 0 Å². The van der Waals surface area contributed by atoms with Crippen molar-refractivity contribution in [2.75, 3.05) is 20.1 Å². The lowest BCUT2D eigenvalue weighted by molar-refractivity contribution is 0.265. The molecule has 1 fully saturated rings. The van der Waals surface area contributed by atoms with E-state index in [1.807, 2.05) is 37.4 Å². The summed E-state index contributed by atoms with van der Waals surface area (Å²) < 4.78 is 5.96. The van der Waals surface area contributed by atoms with Gasteiger partial charge in [-0.2, -0.15) is 0 Å². The average molecular weight is 396 g/mol. The zero-order valence-electron chi connectivity index (χ0n) is 17.9. The van der Waals surface area contributed by atoms with E-state index in [9.17, 15) is 0 Å². The van der Waals surface area contributed by atoms with Crippen molar-refractivity contribution >= 4 is 5.96 Å². The molecule has 0 aliphatic carbocycles. The molecule has 3 rings (SSSR count). The van der Waals surface area contributed by atoms with Crippen LogP contribution in [0.3, 0.4) is 0 Å². The Morgan fingerprint density at radius 2 is 2.00 bits per heavy atom. The number of likely N-dealkylation sites (tertiary alicyclic amines) is 1. The number of ether oxygens (including phenoxy) is 1. The van der Waals surface area contributed by atoms with Gasteiger partial charge in [0.15, 0.2) is 5.96 Å². The summed E-state index contributed by atoms with van der Waals surface area (Å²) >= 11 is 0. The van der Waals surface area contributed by atoms with Crippen LogP contribution in [0.15, 0.2) is 53.7 Å². The Hall–Kier alpha value is -2.60. The lowest BCUT2D eigenvalue weighted by Gasteiger charge is -2.22. The van der Waals surface area contributed by atoms with Gasteiger partial charge < -0.3 is 15.4 Å². The highest BCUT2D eigenvalue weighted by molar-refractivity contribution is 5.80. The number of hydrogen-bond acceptors (Lipinski definition) is 4. The van der Waals surface area contributed by atoms with Gasteiger partial charge in [0.05, 0.1) is 0 Å². The Kier molecular flexibility index (Phi) is 7.47. The molecule has 0 amide bonds. The number of guanidine groups is 1. The van der Waals surface area contributed by atoms with Crippen molar-refractivity contribution in [2.24, 2.45) is 10.9 Å². The van der Waals surface area contributed by atoms with E-state index in [0.717, 1.165) is 30.2 Å². The summed E-state index contributed by atoms with van der Waals surface area (Å²) in [4.78, 5) is 11.3. The summed E-state index contributed by atoms with van der Waals surface area (Å²) in [5.74, 6) is 2.05. The third-order valence-corrected chi connectivity index (χ3v) is 5.43. The summed E-state index contributed by atoms with van der Waals surface area (Å²) in [5.41, 5.74) is 2.13. The van der Waals surface area contributed by atoms with Gasteiger partial charge in [0, 0.05) is 50.5 Å². The lowest BCUT2D eigenvalue weighted by Crippen LogP contribution is -2.46. The largest absolute Gasteiger partial charge is 0.473 e. The number of aromatic nitrogens is 1. The molecule has 2 N–H and O–H groups in total. The molecule has 1 aromatic carbocycles. The fourth-order valence-corrected chi connectivity index (χ4v) is 3.58. The van der Waals surface area contributed by atoms with Crippen LogP contribution < -0.4 is 15.4 Å². The van der Waals surface area contributed by atoms with Gasteiger partial charge in [-0.3, -0.25) is 9.89 Å². The minimum absolute atomic E-state index is 0.395. The van der Waals surface area contributed by atoms with E-state index < -0.39 is 0 Å². The molecule has 156 valence electrons. The Balaban J connectivity index is 1.56. The van der Waals surface area contributed by atoms with Crippen molar-refractivity contribution in [3.63, 3.8) is 0 Å². The molecule has 6 nitrogen and oxygen atoms in total. The fraction of sp³-hybridized carbons (Fsp3) is 0.478. The van der Waals surface area contributed by atoms with Crippen molar-refractivity contribution in [1.82, 2.24) is 20.5 Å². The molecule has 2 aromatic rings. The van der Waals surface area contributed by atoms with Crippen molar-refractivity contribution in [3.05, 3.63) is 59.8 Å². The van der Waals surface area contributed by atoms with Gasteiger partial charge in [-0.05, 0) is 31.4 Å². The molecular formula is C23H33N5O. The van der Waals surface area contributed by atoms with Crippen molar-refractivity contribution in [2.45, 2.75) is 46.0 Å². The second kappa shape index (κ2) is 10.3. The second-order valence-electron chi connectivity index (χ2n) is 7.94. The van der Waals surface area contributed by atoms with Gasteiger partial charge in [0.1, 0.15) is 6.61 Å². The quantitative estimate of drug-likeness (QED) is 0.557. The van der Waals surface area contributed by atoms with E-state index in [1.165, 1.54) is 0 Å². The van der Waals surface area contributed by atoms with Crippen LogP contribution in [0.2, 0.25) is 0 Å². The minimum atomic E-state index is 0.395. The summed E-state index contributed by atoms with van der Waals surface area (Å²) in [6.45, 7) is 10.1. The molecule has 0 saturated carbocycles. The summed E-state index contributed by atoms with van der Waals surface area (Å²) in [6, 6.07) is 15.1. The van der Waals surface area contributed by atoms with Crippen LogP contribution in [0.25, 0.3) is 0 Å². The van der Waals surface area contributed by atoms with Gasteiger partial charge in [-0.15, -0.1) is 0 Å². The Bertz CT molecular complexity index is 793. The van der Waals surface area contributed by atoms with E-state index in [0.29, 0.717) is 37.0 Å². The van der Waals surface area contributed by atoms with E-state index in [2.05, 4.69) is 58.4 Å². The number of pyridine rings is 1. The SMILES string of the molecule is CN=C(NCc1cccnc1OCc1ccccc1)NC1CN(C(C)C)CC1C. The van der Waals surface area contributed by atoms with Gasteiger partial charge in [-0.1, -0.05) is 43.3 Å². The minimum Gasteiger partial charge on any atom is -0.473 e. The van der Waals surface area contributed by atoms with Crippen LogP contribution in [0.4, 0.5) is 0 Å². The van der Waals surface area contributed by atoms with Crippen LogP contribution in [0.1, 0.15) is 31.9 Å². The highest BCUT2D eigenvalue weighted by Gasteiger charge is 2.31. The van der Waals surface area contributed by atoms with E-state index >= 15 is 0 Å². The molecular weight excluding hydrogens is 362 g/mol. The first-order chi connectivity index (χ1) is 14.1. The molecule has 1 aliphatic heterocycles. The highest BCUT2D eigenvalue weighted by atomic mass is 16.5. The lowest BCUT2D eigenvalue weighted by atomic mass is 10.1. The van der Waals surface area contributed by atoms with Crippen molar-refractivity contribution in [3.8, 4) is 5.88 Å². The average Bonchev–Trinajstić information content (AvgIpc) is 3.11. The molecule has 0 radical (unpaired) electrons. The van der Waals surface area contributed by atoms with Crippen LogP contribution in [0.5, 0.6) is 5.88 Å². The molecule has 29 heavy (non-hydrogen) atoms. The monoisotopic (exact) mass is 395 g/mol. The zero-order chi connectivity index (χ0) is 20.6.